The summed E-state index contributed by atoms with van der Waals surface area (Å²) >= 11 is 0. The summed E-state index contributed by atoms with van der Waals surface area (Å²) in [6.07, 6.45) is 4.72. The van der Waals surface area contributed by atoms with Gasteiger partial charge in [-0.1, -0.05) is 12.1 Å². The topological polar surface area (TPSA) is 65.5 Å². The first-order valence-electron chi connectivity index (χ1n) is 10.6. The van der Waals surface area contributed by atoms with Crippen molar-refractivity contribution >= 4 is 5.91 Å². The Hall–Kier alpha value is -2.54. The van der Waals surface area contributed by atoms with Crippen LogP contribution in [0.15, 0.2) is 48.8 Å². The van der Waals surface area contributed by atoms with Gasteiger partial charge in [-0.25, -0.2) is 8.78 Å². The minimum Gasteiger partial charge on any atom is -0.508 e. The highest BCUT2D eigenvalue weighted by Gasteiger charge is 2.63. The molecule has 0 radical (unpaired) electrons. The van der Waals surface area contributed by atoms with E-state index in [4.69, 9.17) is 0 Å². The van der Waals surface area contributed by atoms with Gasteiger partial charge in [0, 0.05) is 42.7 Å². The number of carbonyl (C=O) groups is 1. The Morgan fingerprint density at radius 2 is 1.81 bits per heavy atom. The third-order valence-electron chi connectivity index (χ3n) is 6.50. The molecule has 0 saturated heterocycles. The van der Waals surface area contributed by atoms with Gasteiger partial charge in [-0.05, 0) is 75.7 Å². The summed E-state index contributed by atoms with van der Waals surface area (Å²) in [7, 11) is 3.88. The van der Waals surface area contributed by atoms with Crippen molar-refractivity contribution in [2.75, 3.05) is 20.6 Å². The molecule has 0 spiro atoms. The van der Waals surface area contributed by atoms with Crippen molar-refractivity contribution in [2.45, 2.75) is 50.5 Å². The average molecular weight is 432 g/mol. The highest BCUT2D eigenvalue weighted by atomic mass is 19.3. The molecule has 1 saturated carbocycles. The second kappa shape index (κ2) is 9.30. The molecule has 1 fully saturated rings. The fourth-order valence-electron chi connectivity index (χ4n) is 4.29. The fraction of sp³-hybridized carbons (Fsp3) is 0.500. The second-order valence-electron chi connectivity index (χ2n) is 8.87. The third kappa shape index (κ3) is 5.58. The van der Waals surface area contributed by atoms with Crippen molar-refractivity contribution in [1.82, 2.24) is 15.2 Å². The number of amides is 1. The molecule has 31 heavy (non-hydrogen) atoms. The predicted octanol–water partition coefficient (Wildman–Crippen LogP) is 3.99. The molecule has 3 rings (SSSR count). The van der Waals surface area contributed by atoms with E-state index in [0.717, 1.165) is 18.1 Å². The van der Waals surface area contributed by atoms with Crippen molar-refractivity contribution in [1.29, 1.82) is 0 Å². The molecule has 0 aliphatic heterocycles. The SMILES string of the molecule is CN(C)[C@H](CNC(=O)CC(c1ccncc1)C1(C(C)(F)F)CC1)Cc1ccc(O)cc1. The Bertz CT molecular complexity index is 863. The number of alkyl halides is 2. The molecule has 1 aromatic heterocycles. The Labute approximate surface area is 182 Å². The van der Waals surface area contributed by atoms with Crippen LogP contribution in [0.3, 0.4) is 0 Å². The van der Waals surface area contributed by atoms with E-state index in [1.165, 1.54) is 0 Å². The lowest BCUT2D eigenvalue weighted by atomic mass is 9.77. The number of halogens is 2. The first kappa shape index (κ1) is 23.1. The molecular formula is C24H31F2N3O2. The van der Waals surface area contributed by atoms with E-state index in [9.17, 15) is 18.7 Å². The molecule has 1 aliphatic carbocycles. The molecule has 7 heteroatoms. The summed E-state index contributed by atoms with van der Waals surface area (Å²) in [5.41, 5.74) is 0.610. The summed E-state index contributed by atoms with van der Waals surface area (Å²) in [5, 5.41) is 12.4. The number of likely N-dealkylation sites (N-methyl/N-ethyl adjacent to an activating group) is 1. The van der Waals surface area contributed by atoms with Gasteiger partial charge in [-0.2, -0.15) is 0 Å². The zero-order valence-electron chi connectivity index (χ0n) is 18.3. The van der Waals surface area contributed by atoms with E-state index < -0.39 is 17.3 Å². The van der Waals surface area contributed by atoms with E-state index in [2.05, 4.69) is 10.3 Å². The van der Waals surface area contributed by atoms with E-state index in [1.807, 2.05) is 31.1 Å². The van der Waals surface area contributed by atoms with Crippen LogP contribution in [0.4, 0.5) is 8.78 Å². The minimum atomic E-state index is -2.85. The van der Waals surface area contributed by atoms with E-state index in [-0.39, 0.29) is 24.1 Å². The Morgan fingerprint density at radius 1 is 1.19 bits per heavy atom. The van der Waals surface area contributed by atoms with Gasteiger partial charge in [0.05, 0.1) is 0 Å². The number of rotatable bonds is 10. The van der Waals surface area contributed by atoms with Gasteiger partial charge in [0.25, 0.3) is 5.92 Å². The number of nitrogens with zero attached hydrogens (tertiary/aromatic N) is 2. The quantitative estimate of drug-likeness (QED) is 0.597. The van der Waals surface area contributed by atoms with Crippen molar-refractivity contribution < 1.29 is 18.7 Å². The Kier molecular flexibility index (Phi) is 6.94. The molecule has 1 aliphatic rings. The highest BCUT2D eigenvalue weighted by molar-refractivity contribution is 5.77. The van der Waals surface area contributed by atoms with Gasteiger partial charge in [-0.3, -0.25) is 9.78 Å². The molecule has 5 nitrogen and oxygen atoms in total. The number of aromatic hydroxyl groups is 1. The van der Waals surface area contributed by atoms with Gasteiger partial charge >= 0.3 is 0 Å². The number of hydrogen-bond donors (Lipinski definition) is 2. The fourth-order valence-corrected chi connectivity index (χ4v) is 4.29. The summed E-state index contributed by atoms with van der Waals surface area (Å²) in [5.74, 6) is -3.42. The number of phenols is 1. The van der Waals surface area contributed by atoms with Crippen molar-refractivity contribution in [2.24, 2.45) is 5.41 Å². The monoisotopic (exact) mass is 431 g/mol. The summed E-state index contributed by atoms with van der Waals surface area (Å²) in [4.78, 5) is 18.8. The summed E-state index contributed by atoms with van der Waals surface area (Å²) in [6.45, 7) is 1.37. The van der Waals surface area contributed by atoms with Gasteiger partial charge < -0.3 is 15.3 Å². The lowest BCUT2D eigenvalue weighted by Crippen LogP contribution is -2.42. The molecule has 2 atom stereocenters. The predicted molar refractivity (Wildman–Crippen MR) is 116 cm³/mol. The van der Waals surface area contributed by atoms with E-state index >= 15 is 0 Å². The van der Waals surface area contributed by atoms with Gasteiger partial charge in [0.1, 0.15) is 5.75 Å². The van der Waals surface area contributed by atoms with Crippen LogP contribution < -0.4 is 5.32 Å². The van der Waals surface area contributed by atoms with Crippen LogP contribution in [-0.2, 0) is 11.2 Å². The molecule has 1 heterocycles. The number of benzene rings is 1. The second-order valence-corrected chi connectivity index (χ2v) is 8.87. The molecular weight excluding hydrogens is 400 g/mol. The molecule has 2 N–H and O–H groups in total. The summed E-state index contributed by atoms with van der Waals surface area (Å²) < 4.78 is 28.9. The lowest BCUT2D eigenvalue weighted by Gasteiger charge is -2.32. The molecule has 0 bridgehead atoms. The number of phenolic OH excluding ortho intramolecular Hbond substituents is 1. The molecule has 1 unspecified atom stereocenters. The van der Waals surface area contributed by atoms with Crippen LogP contribution in [0.5, 0.6) is 5.75 Å². The zero-order chi connectivity index (χ0) is 22.6. The highest BCUT2D eigenvalue weighted by Crippen LogP contribution is 2.65. The number of carbonyl (C=O) groups excluding carboxylic acids is 1. The van der Waals surface area contributed by atoms with E-state index in [0.29, 0.717) is 25.8 Å². The van der Waals surface area contributed by atoms with Crippen LogP contribution in [0.2, 0.25) is 0 Å². The minimum absolute atomic E-state index is 0.0206. The average Bonchev–Trinajstić information content (AvgIpc) is 3.53. The maximum absolute atomic E-state index is 14.5. The van der Waals surface area contributed by atoms with Crippen LogP contribution in [0.1, 0.15) is 43.2 Å². The normalized spacial score (nSPS) is 17.2. The van der Waals surface area contributed by atoms with Crippen LogP contribution in [-0.4, -0.2) is 53.5 Å². The molecule has 2 aromatic rings. The first-order chi connectivity index (χ1) is 14.6. The van der Waals surface area contributed by atoms with Gasteiger partial charge in [-0.15, -0.1) is 0 Å². The smallest absolute Gasteiger partial charge is 0.251 e. The maximum Gasteiger partial charge on any atom is 0.251 e. The zero-order valence-corrected chi connectivity index (χ0v) is 18.3. The van der Waals surface area contributed by atoms with Gasteiger partial charge in [0.2, 0.25) is 5.91 Å². The molecule has 168 valence electrons. The van der Waals surface area contributed by atoms with Crippen LogP contribution in [0.25, 0.3) is 0 Å². The third-order valence-corrected chi connectivity index (χ3v) is 6.50. The lowest BCUT2D eigenvalue weighted by molar-refractivity contribution is -0.123. The Morgan fingerprint density at radius 3 is 2.32 bits per heavy atom. The summed E-state index contributed by atoms with van der Waals surface area (Å²) in [6, 6.07) is 10.5. The van der Waals surface area contributed by atoms with Crippen molar-refractivity contribution in [3.63, 3.8) is 0 Å². The standard InChI is InChI=1S/C24H31F2N3O2/c1-23(25,26)24(10-11-24)21(18-8-12-27-13-9-18)15-22(31)28-16-19(29(2)3)14-17-4-6-20(30)7-5-17/h4-9,12-13,19,21,30H,10-11,14-16H2,1-3H3,(H,28,31)/t19-,21?/m0/s1. The molecule has 1 aromatic carbocycles. The number of aromatic nitrogens is 1. The van der Waals surface area contributed by atoms with Crippen LogP contribution in [0, 0.1) is 5.41 Å². The number of nitrogens with one attached hydrogen (secondary N) is 1. The van der Waals surface area contributed by atoms with Gasteiger partial charge in [0.15, 0.2) is 0 Å². The van der Waals surface area contributed by atoms with Crippen LogP contribution >= 0.6 is 0 Å². The number of hydrogen-bond acceptors (Lipinski definition) is 4. The van der Waals surface area contributed by atoms with E-state index in [1.54, 1.807) is 36.7 Å². The maximum atomic E-state index is 14.5. The first-order valence-corrected chi connectivity index (χ1v) is 10.6. The van der Waals surface area contributed by atoms with Crippen molar-refractivity contribution in [3.05, 3.63) is 59.9 Å². The largest absolute Gasteiger partial charge is 0.508 e. The Balaban J connectivity index is 1.67. The molecule has 1 amide bonds. The van der Waals surface area contributed by atoms with Crippen molar-refractivity contribution in [3.8, 4) is 5.75 Å². The number of pyridine rings is 1.